The predicted molar refractivity (Wildman–Crippen MR) is 53.4 cm³/mol. The zero-order valence-corrected chi connectivity index (χ0v) is 8.67. The second kappa shape index (κ2) is 4.11. The summed E-state index contributed by atoms with van der Waals surface area (Å²) in [6.45, 7) is 2.08. The third-order valence-corrected chi connectivity index (χ3v) is 2.20. The monoisotopic (exact) mass is 265 g/mol. The standard InChI is InChI=1S/C8H12INO/c1-2-6(10)5-7-3-4-8(9)11-7/h3-4,6H,2,5,10H2,1H3. The van der Waals surface area contributed by atoms with Crippen molar-refractivity contribution in [3.05, 3.63) is 21.7 Å². The molecule has 0 spiro atoms. The van der Waals surface area contributed by atoms with Gasteiger partial charge < -0.3 is 10.2 Å². The van der Waals surface area contributed by atoms with Gasteiger partial charge in [0.2, 0.25) is 0 Å². The van der Waals surface area contributed by atoms with E-state index in [4.69, 9.17) is 10.2 Å². The first-order valence-electron chi connectivity index (χ1n) is 3.72. The van der Waals surface area contributed by atoms with Crippen LogP contribution in [0.4, 0.5) is 0 Å². The van der Waals surface area contributed by atoms with Crippen molar-refractivity contribution in [2.75, 3.05) is 0 Å². The number of halogens is 1. The molecule has 1 rings (SSSR count). The van der Waals surface area contributed by atoms with Crippen molar-refractivity contribution in [3.8, 4) is 0 Å². The van der Waals surface area contributed by atoms with E-state index in [1.807, 2.05) is 12.1 Å². The van der Waals surface area contributed by atoms with Crippen LogP contribution in [0.2, 0.25) is 0 Å². The van der Waals surface area contributed by atoms with E-state index >= 15 is 0 Å². The fourth-order valence-electron chi connectivity index (χ4n) is 0.864. The Labute approximate surface area is 80.3 Å². The Balaban J connectivity index is 2.50. The van der Waals surface area contributed by atoms with Crippen molar-refractivity contribution in [3.63, 3.8) is 0 Å². The molecule has 0 saturated heterocycles. The first-order valence-corrected chi connectivity index (χ1v) is 4.80. The van der Waals surface area contributed by atoms with Crippen LogP contribution in [0, 0.1) is 3.77 Å². The fourth-order valence-corrected chi connectivity index (χ4v) is 1.33. The summed E-state index contributed by atoms with van der Waals surface area (Å²) in [4.78, 5) is 0. The number of hydrogen-bond acceptors (Lipinski definition) is 2. The molecular formula is C8H12INO. The third kappa shape index (κ3) is 2.83. The van der Waals surface area contributed by atoms with Crippen molar-refractivity contribution in [1.82, 2.24) is 0 Å². The number of hydrogen-bond donors (Lipinski definition) is 1. The molecule has 0 aliphatic carbocycles. The second-order valence-electron chi connectivity index (χ2n) is 2.58. The van der Waals surface area contributed by atoms with E-state index in [9.17, 15) is 0 Å². The highest BCUT2D eigenvalue weighted by atomic mass is 127. The lowest BCUT2D eigenvalue weighted by Gasteiger charge is -2.04. The lowest BCUT2D eigenvalue weighted by Crippen LogP contribution is -2.20. The molecule has 1 heterocycles. The highest BCUT2D eigenvalue weighted by Gasteiger charge is 2.04. The van der Waals surface area contributed by atoms with Crippen molar-refractivity contribution in [2.24, 2.45) is 5.73 Å². The molecule has 11 heavy (non-hydrogen) atoms. The van der Waals surface area contributed by atoms with Crippen LogP contribution in [0.5, 0.6) is 0 Å². The molecule has 0 aliphatic heterocycles. The summed E-state index contributed by atoms with van der Waals surface area (Å²) in [5.41, 5.74) is 5.75. The highest BCUT2D eigenvalue weighted by molar-refractivity contribution is 14.1. The van der Waals surface area contributed by atoms with E-state index in [0.29, 0.717) is 0 Å². The lowest BCUT2D eigenvalue weighted by atomic mass is 10.1. The summed E-state index contributed by atoms with van der Waals surface area (Å²) in [5.74, 6) is 0.990. The van der Waals surface area contributed by atoms with Gasteiger partial charge in [0.25, 0.3) is 0 Å². The van der Waals surface area contributed by atoms with Crippen LogP contribution in [0.1, 0.15) is 19.1 Å². The summed E-state index contributed by atoms with van der Waals surface area (Å²) < 4.78 is 6.29. The quantitative estimate of drug-likeness (QED) is 0.850. The Morgan fingerprint density at radius 1 is 1.64 bits per heavy atom. The molecule has 1 unspecified atom stereocenters. The van der Waals surface area contributed by atoms with Crippen molar-refractivity contribution >= 4 is 22.6 Å². The van der Waals surface area contributed by atoms with Gasteiger partial charge in [-0.1, -0.05) is 6.92 Å². The van der Waals surface area contributed by atoms with Crippen LogP contribution in [0.15, 0.2) is 16.5 Å². The first kappa shape index (κ1) is 9.06. The molecule has 1 aromatic rings. The van der Waals surface area contributed by atoms with Gasteiger partial charge in [-0.3, -0.25) is 0 Å². The van der Waals surface area contributed by atoms with E-state index in [1.165, 1.54) is 0 Å². The number of furan rings is 1. The summed E-state index contributed by atoms with van der Waals surface area (Å²) in [5, 5.41) is 0. The Morgan fingerprint density at radius 2 is 2.36 bits per heavy atom. The Hall–Kier alpha value is -0.0300. The van der Waals surface area contributed by atoms with Crippen LogP contribution in [-0.4, -0.2) is 6.04 Å². The third-order valence-electron chi connectivity index (χ3n) is 1.62. The average molecular weight is 265 g/mol. The summed E-state index contributed by atoms with van der Waals surface area (Å²) in [6.07, 6.45) is 1.84. The van der Waals surface area contributed by atoms with Gasteiger partial charge in [0.15, 0.2) is 3.77 Å². The van der Waals surface area contributed by atoms with Crippen molar-refractivity contribution in [1.29, 1.82) is 0 Å². The molecule has 0 aliphatic rings. The van der Waals surface area contributed by atoms with Crippen LogP contribution < -0.4 is 5.73 Å². The van der Waals surface area contributed by atoms with Gasteiger partial charge in [-0.2, -0.15) is 0 Å². The SMILES string of the molecule is CCC(N)Cc1ccc(I)o1. The van der Waals surface area contributed by atoms with E-state index in [-0.39, 0.29) is 6.04 Å². The molecule has 62 valence electrons. The van der Waals surface area contributed by atoms with Gasteiger partial charge in [0, 0.05) is 12.5 Å². The molecule has 0 fully saturated rings. The van der Waals surface area contributed by atoms with Crippen molar-refractivity contribution in [2.45, 2.75) is 25.8 Å². The summed E-state index contributed by atoms with van der Waals surface area (Å²) in [6, 6.07) is 4.17. The second-order valence-corrected chi connectivity index (χ2v) is 3.64. The van der Waals surface area contributed by atoms with Crippen LogP contribution in [-0.2, 0) is 6.42 Å². The minimum atomic E-state index is 0.233. The minimum Gasteiger partial charge on any atom is -0.455 e. The molecule has 0 bridgehead atoms. The molecule has 3 heteroatoms. The van der Waals surface area contributed by atoms with Crippen LogP contribution in [0.25, 0.3) is 0 Å². The largest absolute Gasteiger partial charge is 0.455 e. The topological polar surface area (TPSA) is 39.2 Å². The maximum atomic E-state index is 5.75. The molecular weight excluding hydrogens is 253 g/mol. The molecule has 0 aromatic carbocycles. The lowest BCUT2D eigenvalue weighted by molar-refractivity contribution is 0.461. The van der Waals surface area contributed by atoms with E-state index in [0.717, 1.165) is 22.4 Å². The highest BCUT2D eigenvalue weighted by Crippen LogP contribution is 2.11. The smallest absolute Gasteiger partial charge is 0.163 e. The van der Waals surface area contributed by atoms with Gasteiger partial charge in [-0.25, -0.2) is 0 Å². The maximum absolute atomic E-state index is 5.75. The minimum absolute atomic E-state index is 0.233. The van der Waals surface area contributed by atoms with Gasteiger partial charge in [0.05, 0.1) is 0 Å². The number of nitrogens with two attached hydrogens (primary N) is 1. The maximum Gasteiger partial charge on any atom is 0.163 e. The zero-order chi connectivity index (χ0) is 8.27. The number of rotatable bonds is 3. The summed E-state index contributed by atoms with van der Waals surface area (Å²) in [7, 11) is 0. The Bertz CT molecular complexity index is 222. The van der Waals surface area contributed by atoms with Gasteiger partial charge in [-0.05, 0) is 41.1 Å². The summed E-state index contributed by atoms with van der Waals surface area (Å²) >= 11 is 2.15. The molecule has 1 atom stereocenters. The normalized spacial score (nSPS) is 13.4. The fraction of sp³-hybridized carbons (Fsp3) is 0.500. The Morgan fingerprint density at radius 3 is 2.82 bits per heavy atom. The predicted octanol–water partition coefficient (Wildman–Crippen LogP) is 2.16. The molecule has 0 radical (unpaired) electrons. The van der Waals surface area contributed by atoms with Crippen LogP contribution >= 0.6 is 22.6 Å². The van der Waals surface area contributed by atoms with E-state index < -0.39 is 0 Å². The molecule has 2 N–H and O–H groups in total. The average Bonchev–Trinajstić information content (AvgIpc) is 2.35. The van der Waals surface area contributed by atoms with E-state index in [1.54, 1.807) is 0 Å². The van der Waals surface area contributed by atoms with Gasteiger partial charge in [0.1, 0.15) is 5.76 Å². The van der Waals surface area contributed by atoms with Gasteiger partial charge >= 0.3 is 0 Å². The van der Waals surface area contributed by atoms with Gasteiger partial charge in [-0.15, -0.1) is 0 Å². The first-order chi connectivity index (χ1) is 5.22. The Kier molecular flexibility index (Phi) is 3.39. The van der Waals surface area contributed by atoms with Crippen LogP contribution in [0.3, 0.4) is 0 Å². The van der Waals surface area contributed by atoms with Crippen molar-refractivity contribution < 1.29 is 4.42 Å². The van der Waals surface area contributed by atoms with E-state index in [2.05, 4.69) is 29.5 Å². The zero-order valence-electron chi connectivity index (χ0n) is 6.51. The molecule has 0 saturated carbocycles. The molecule has 2 nitrogen and oxygen atoms in total. The molecule has 0 amide bonds. The molecule has 1 aromatic heterocycles.